The number of nitrogens with zero attached hydrogens (tertiary/aromatic N) is 2. The predicted octanol–water partition coefficient (Wildman–Crippen LogP) is 9.06. The third-order valence-corrected chi connectivity index (χ3v) is 9.42. The Morgan fingerprint density at radius 1 is 0.548 bits per heavy atom. The van der Waals surface area contributed by atoms with Gasteiger partial charge in [-0.2, -0.15) is 0 Å². The van der Waals surface area contributed by atoms with Crippen molar-refractivity contribution in [1.29, 1.82) is 0 Å². The van der Waals surface area contributed by atoms with Crippen LogP contribution in [0.4, 0.5) is 11.4 Å². The molecule has 0 aliphatic carbocycles. The highest BCUT2D eigenvalue weighted by atomic mass is 16.5. The first-order chi connectivity index (χ1) is 20.8. The molecule has 3 nitrogen and oxygen atoms in total. The van der Waals surface area contributed by atoms with Crippen LogP contribution in [0.15, 0.2) is 115 Å². The van der Waals surface area contributed by atoms with Crippen LogP contribution in [0.2, 0.25) is 0 Å². The van der Waals surface area contributed by atoms with E-state index >= 15 is 0 Å². The third-order valence-electron chi connectivity index (χ3n) is 9.42. The standard InChI is InChI=1S/C39H36N2O/c1-2-9-29(10-3-1)35-12-8-11-30-13-22-37-36(38(30)35)23-24-39(42-37,31-14-18-33(19-15-31)40-25-4-5-26-40)32-16-20-34(21-17-32)41-27-6-7-28-41/h1-3,8-24H,4-7,25-28H2. The third kappa shape index (κ3) is 4.27. The molecule has 2 saturated heterocycles. The lowest BCUT2D eigenvalue weighted by Gasteiger charge is -2.37. The minimum Gasteiger partial charge on any atom is -0.473 e. The molecule has 208 valence electrons. The Balaban J connectivity index is 1.26. The first-order valence-corrected chi connectivity index (χ1v) is 15.5. The second kappa shape index (κ2) is 10.4. The van der Waals surface area contributed by atoms with Gasteiger partial charge in [0.2, 0.25) is 0 Å². The summed E-state index contributed by atoms with van der Waals surface area (Å²) in [6.07, 6.45) is 9.68. The molecule has 0 radical (unpaired) electrons. The molecule has 0 unspecified atom stereocenters. The smallest absolute Gasteiger partial charge is 0.178 e. The van der Waals surface area contributed by atoms with E-state index in [-0.39, 0.29) is 0 Å². The maximum atomic E-state index is 7.21. The van der Waals surface area contributed by atoms with Crippen LogP contribution in [0.25, 0.3) is 28.0 Å². The minimum atomic E-state index is -0.713. The lowest BCUT2D eigenvalue weighted by atomic mass is 9.82. The first kappa shape index (κ1) is 25.2. The first-order valence-electron chi connectivity index (χ1n) is 15.5. The van der Waals surface area contributed by atoms with E-state index in [4.69, 9.17) is 4.74 Å². The lowest BCUT2D eigenvalue weighted by Crippen LogP contribution is -2.34. The summed E-state index contributed by atoms with van der Waals surface area (Å²) < 4.78 is 7.21. The number of benzene rings is 5. The van der Waals surface area contributed by atoms with Gasteiger partial charge < -0.3 is 14.5 Å². The largest absolute Gasteiger partial charge is 0.473 e. The highest BCUT2D eigenvalue weighted by Crippen LogP contribution is 2.46. The van der Waals surface area contributed by atoms with E-state index in [0.717, 1.165) is 48.6 Å². The number of ether oxygens (including phenoxy) is 1. The molecule has 0 bridgehead atoms. The summed E-state index contributed by atoms with van der Waals surface area (Å²) in [5, 5.41) is 2.46. The molecule has 0 spiro atoms. The monoisotopic (exact) mass is 548 g/mol. The van der Waals surface area contributed by atoms with E-state index in [0.29, 0.717) is 0 Å². The summed E-state index contributed by atoms with van der Waals surface area (Å²) in [5.41, 5.74) is 7.78. The average Bonchev–Trinajstić information content (AvgIpc) is 3.81. The Labute approximate surface area is 248 Å². The van der Waals surface area contributed by atoms with Gasteiger partial charge in [0.05, 0.1) is 0 Å². The van der Waals surface area contributed by atoms with Crippen molar-refractivity contribution in [3.63, 3.8) is 0 Å². The second-order valence-corrected chi connectivity index (χ2v) is 11.9. The van der Waals surface area contributed by atoms with Crippen molar-refractivity contribution in [2.45, 2.75) is 31.3 Å². The molecular weight excluding hydrogens is 512 g/mol. The normalized spacial score (nSPS) is 17.4. The van der Waals surface area contributed by atoms with Crippen molar-refractivity contribution < 1.29 is 4.74 Å². The van der Waals surface area contributed by atoms with Crippen molar-refractivity contribution in [3.05, 3.63) is 132 Å². The molecule has 3 heterocycles. The van der Waals surface area contributed by atoms with Crippen molar-refractivity contribution >= 4 is 28.2 Å². The fraction of sp³-hybridized carbons (Fsp3) is 0.231. The predicted molar refractivity (Wildman–Crippen MR) is 176 cm³/mol. The van der Waals surface area contributed by atoms with Gasteiger partial charge in [-0.15, -0.1) is 0 Å². The van der Waals surface area contributed by atoms with Crippen molar-refractivity contribution in [2.24, 2.45) is 0 Å². The maximum absolute atomic E-state index is 7.21. The Kier molecular flexibility index (Phi) is 6.25. The van der Waals surface area contributed by atoms with E-state index in [1.54, 1.807) is 0 Å². The zero-order valence-corrected chi connectivity index (χ0v) is 24.0. The fourth-order valence-electron chi connectivity index (χ4n) is 7.18. The van der Waals surface area contributed by atoms with Crippen LogP contribution in [0.1, 0.15) is 42.4 Å². The maximum Gasteiger partial charge on any atom is 0.178 e. The van der Waals surface area contributed by atoms with Gasteiger partial charge in [0.25, 0.3) is 0 Å². The molecule has 5 aromatic rings. The number of rotatable bonds is 5. The van der Waals surface area contributed by atoms with Gasteiger partial charge in [0, 0.05) is 59.6 Å². The Bertz CT molecular complexity index is 1680. The van der Waals surface area contributed by atoms with Crippen LogP contribution in [-0.4, -0.2) is 26.2 Å². The molecule has 0 amide bonds. The molecule has 0 N–H and O–H groups in total. The van der Waals surface area contributed by atoms with Gasteiger partial charge in [0.1, 0.15) is 5.75 Å². The molecule has 3 aliphatic heterocycles. The molecule has 42 heavy (non-hydrogen) atoms. The van der Waals surface area contributed by atoms with Crippen LogP contribution < -0.4 is 14.5 Å². The van der Waals surface area contributed by atoms with E-state index in [2.05, 4.69) is 131 Å². The fourth-order valence-corrected chi connectivity index (χ4v) is 7.18. The summed E-state index contributed by atoms with van der Waals surface area (Å²) >= 11 is 0. The Morgan fingerprint density at radius 3 is 1.74 bits per heavy atom. The summed E-state index contributed by atoms with van der Waals surface area (Å²) in [5.74, 6) is 0.917. The van der Waals surface area contributed by atoms with Gasteiger partial charge in [-0.25, -0.2) is 0 Å². The van der Waals surface area contributed by atoms with Gasteiger partial charge in [-0.3, -0.25) is 0 Å². The molecule has 2 fully saturated rings. The number of hydrogen-bond donors (Lipinski definition) is 0. The topological polar surface area (TPSA) is 15.7 Å². The number of anilines is 2. The Morgan fingerprint density at radius 2 is 1.14 bits per heavy atom. The van der Waals surface area contributed by atoms with Crippen molar-refractivity contribution in [1.82, 2.24) is 0 Å². The summed E-state index contributed by atoms with van der Waals surface area (Å²) in [6, 6.07) is 39.8. The quantitative estimate of drug-likeness (QED) is 0.218. The highest BCUT2D eigenvalue weighted by molar-refractivity contribution is 6.04. The zero-order chi connectivity index (χ0) is 27.9. The van der Waals surface area contributed by atoms with E-state index < -0.39 is 5.60 Å². The SMILES string of the molecule is C1=CC(c2ccc(N3CCCC3)cc2)(c2ccc(N3CCCC3)cc2)Oc2ccc3cccc(-c4ccccc4)c3c21. The summed E-state index contributed by atoms with van der Waals surface area (Å²) in [7, 11) is 0. The molecule has 0 atom stereocenters. The molecule has 3 heteroatoms. The van der Waals surface area contributed by atoms with Crippen LogP contribution >= 0.6 is 0 Å². The van der Waals surface area contributed by atoms with Crippen molar-refractivity contribution in [3.8, 4) is 16.9 Å². The van der Waals surface area contributed by atoms with E-state index in [9.17, 15) is 0 Å². The van der Waals surface area contributed by atoms with Crippen LogP contribution in [0.5, 0.6) is 5.75 Å². The van der Waals surface area contributed by atoms with E-state index in [1.165, 1.54) is 59.0 Å². The number of hydrogen-bond acceptors (Lipinski definition) is 3. The molecule has 3 aliphatic rings. The Hall–Kier alpha value is -4.50. The van der Waals surface area contributed by atoms with Crippen LogP contribution in [0, 0.1) is 0 Å². The molecule has 8 rings (SSSR count). The second-order valence-electron chi connectivity index (χ2n) is 11.9. The van der Waals surface area contributed by atoms with Gasteiger partial charge in [-0.1, -0.05) is 78.9 Å². The van der Waals surface area contributed by atoms with Gasteiger partial charge >= 0.3 is 0 Å². The molecular formula is C39H36N2O. The molecule has 5 aromatic carbocycles. The van der Waals surface area contributed by atoms with E-state index in [1.807, 2.05) is 0 Å². The number of fused-ring (bicyclic) bond motifs is 3. The van der Waals surface area contributed by atoms with Crippen LogP contribution in [0.3, 0.4) is 0 Å². The van der Waals surface area contributed by atoms with Crippen LogP contribution in [-0.2, 0) is 5.60 Å². The minimum absolute atomic E-state index is 0.713. The van der Waals surface area contributed by atoms with Crippen molar-refractivity contribution in [2.75, 3.05) is 36.0 Å². The van der Waals surface area contributed by atoms with Gasteiger partial charge in [-0.05, 0) is 84.7 Å². The molecule has 0 saturated carbocycles. The molecule has 0 aromatic heterocycles. The summed E-state index contributed by atoms with van der Waals surface area (Å²) in [4.78, 5) is 4.98. The highest BCUT2D eigenvalue weighted by Gasteiger charge is 2.38. The average molecular weight is 549 g/mol. The van der Waals surface area contributed by atoms with Gasteiger partial charge in [0.15, 0.2) is 5.60 Å². The lowest BCUT2D eigenvalue weighted by molar-refractivity contribution is 0.161. The summed E-state index contributed by atoms with van der Waals surface area (Å²) in [6.45, 7) is 4.57. The zero-order valence-electron chi connectivity index (χ0n) is 24.0.